The van der Waals surface area contributed by atoms with Crippen molar-refractivity contribution in [3.63, 3.8) is 0 Å². The minimum atomic E-state index is -0.0927. The quantitative estimate of drug-likeness (QED) is 0.852. The smallest absolute Gasteiger partial charge is 0.238 e. The largest absolute Gasteiger partial charge is 0.457 e. The van der Waals surface area contributed by atoms with Crippen molar-refractivity contribution in [3.8, 4) is 11.5 Å². The number of nitrogens with one attached hydrogen (secondary N) is 2. The van der Waals surface area contributed by atoms with E-state index in [4.69, 9.17) is 4.74 Å². The molecule has 24 heavy (non-hydrogen) atoms. The zero-order valence-electron chi connectivity index (χ0n) is 13.5. The van der Waals surface area contributed by atoms with E-state index in [2.05, 4.69) is 10.6 Å². The van der Waals surface area contributed by atoms with Gasteiger partial charge in [-0.15, -0.1) is 24.2 Å². The van der Waals surface area contributed by atoms with Crippen LogP contribution in [0.1, 0.15) is 11.1 Å². The molecule has 1 fully saturated rings. The predicted octanol–water partition coefficient (Wildman–Crippen LogP) is 3.49. The number of amides is 1. The maximum atomic E-state index is 12.1. The van der Waals surface area contributed by atoms with Crippen LogP contribution in [0.5, 0.6) is 11.5 Å². The maximum Gasteiger partial charge on any atom is 0.238 e. The van der Waals surface area contributed by atoms with Crippen LogP contribution in [-0.4, -0.2) is 23.6 Å². The Morgan fingerprint density at radius 3 is 2.88 bits per heavy atom. The van der Waals surface area contributed by atoms with Gasteiger partial charge in [0.05, 0.1) is 6.04 Å². The highest BCUT2D eigenvalue weighted by Gasteiger charge is 2.22. The van der Waals surface area contributed by atoms with Gasteiger partial charge in [-0.25, -0.2) is 0 Å². The molecule has 2 N–H and O–H groups in total. The second-order valence-electron chi connectivity index (χ2n) is 5.52. The van der Waals surface area contributed by atoms with E-state index in [0.717, 1.165) is 34.3 Å². The predicted molar refractivity (Wildman–Crippen MR) is 101 cm³/mol. The van der Waals surface area contributed by atoms with E-state index in [1.165, 1.54) is 0 Å². The summed E-state index contributed by atoms with van der Waals surface area (Å²) in [5.74, 6) is 3.28. The molecule has 0 spiro atoms. The molecule has 0 aliphatic carbocycles. The third-order valence-corrected chi connectivity index (χ3v) is 4.62. The van der Waals surface area contributed by atoms with Crippen LogP contribution in [0.2, 0.25) is 0 Å². The van der Waals surface area contributed by atoms with Crippen LogP contribution in [0.25, 0.3) is 0 Å². The molecule has 0 aromatic heterocycles. The normalized spacial score (nSPS) is 16.3. The van der Waals surface area contributed by atoms with Crippen molar-refractivity contribution in [2.24, 2.45) is 0 Å². The third-order valence-electron chi connectivity index (χ3n) is 3.68. The van der Waals surface area contributed by atoms with Gasteiger partial charge in [-0.3, -0.25) is 10.1 Å². The first kappa shape index (κ1) is 18.6. The monoisotopic (exact) mass is 364 g/mol. The van der Waals surface area contributed by atoms with Crippen LogP contribution in [0.15, 0.2) is 48.5 Å². The molecule has 1 atom stereocenters. The van der Waals surface area contributed by atoms with Gasteiger partial charge in [0.15, 0.2) is 0 Å². The number of rotatable bonds is 5. The van der Waals surface area contributed by atoms with Crippen molar-refractivity contribution in [2.45, 2.75) is 19.5 Å². The minimum Gasteiger partial charge on any atom is -0.457 e. The highest BCUT2D eigenvalue weighted by molar-refractivity contribution is 7.99. The number of thioether (sulfide) groups is 1. The Bertz CT molecular complexity index is 690. The fourth-order valence-corrected chi connectivity index (χ4v) is 3.37. The second kappa shape index (κ2) is 8.97. The van der Waals surface area contributed by atoms with E-state index in [1.54, 1.807) is 11.8 Å². The van der Waals surface area contributed by atoms with Gasteiger partial charge in [-0.05, 0) is 30.7 Å². The fourth-order valence-electron chi connectivity index (χ4n) is 2.42. The maximum absolute atomic E-state index is 12.1. The highest BCUT2D eigenvalue weighted by Crippen LogP contribution is 2.25. The summed E-state index contributed by atoms with van der Waals surface area (Å²) in [6.45, 7) is 2.50. The third kappa shape index (κ3) is 4.90. The van der Waals surface area contributed by atoms with Gasteiger partial charge in [0.2, 0.25) is 5.91 Å². The Morgan fingerprint density at radius 1 is 1.29 bits per heavy atom. The lowest BCUT2D eigenvalue weighted by atomic mass is 10.2. The van der Waals surface area contributed by atoms with Crippen molar-refractivity contribution < 1.29 is 9.53 Å². The van der Waals surface area contributed by atoms with E-state index in [1.807, 2.05) is 55.5 Å². The Labute approximate surface area is 152 Å². The van der Waals surface area contributed by atoms with Crippen LogP contribution in [-0.2, 0) is 11.3 Å². The number of para-hydroxylation sites is 1. The van der Waals surface area contributed by atoms with Crippen molar-refractivity contribution in [1.82, 2.24) is 10.6 Å². The summed E-state index contributed by atoms with van der Waals surface area (Å²) >= 11 is 1.74. The Hall–Kier alpha value is -1.69. The van der Waals surface area contributed by atoms with Crippen LogP contribution < -0.4 is 15.4 Å². The standard InChI is InChI=1S/C18H20N2O2S.ClH/c1-13-5-4-7-15(9-13)22-17-8-3-2-6-14(17)10-19-18(21)16-11-23-12-20-16;/h2-9,16,20H,10-12H2,1H3,(H,19,21);1H. The number of ether oxygens (including phenoxy) is 1. The van der Waals surface area contributed by atoms with Crippen LogP contribution >= 0.6 is 24.2 Å². The van der Waals surface area contributed by atoms with Crippen molar-refractivity contribution in [2.75, 3.05) is 11.6 Å². The fraction of sp³-hybridized carbons (Fsp3) is 0.278. The number of hydrogen-bond donors (Lipinski definition) is 2. The lowest BCUT2D eigenvalue weighted by molar-refractivity contribution is -0.122. The van der Waals surface area contributed by atoms with Gasteiger partial charge in [-0.2, -0.15) is 0 Å². The number of halogens is 1. The van der Waals surface area contributed by atoms with Gasteiger partial charge in [0, 0.05) is 23.7 Å². The molecule has 0 radical (unpaired) electrons. The van der Waals surface area contributed by atoms with Crippen molar-refractivity contribution in [1.29, 1.82) is 0 Å². The summed E-state index contributed by atoms with van der Waals surface area (Å²) < 4.78 is 5.98. The van der Waals surface area contributed by atoms with Crippen LogP contribution in [0, 0.1) is 6.92 Å². The Balaban J connectivity index is 0.00000208. The van der Waals surface area contributed by atoms with Gasteiger partial charge < -0.3 is 10.1 Å². The van der Waals surface area contributed by atoms with E-state index in [-0.39, 0.29) is 24.4 Å². The topological polar surface area (TPSA) is 50.4 Å². The zero-order valence-corrected chi connectivity index (χ0v) is 15.1. The average molecular weight is 365 g/mol. The van der Waals surface area contributed by atoms with E-state index in [9.17, 15) is 4.79 Å². The minimum absolute atomic E-state index is 0. The van der Waals surface area contributed by atoms with Gasteiger partial charge in [0.25, 0.3) is 0 Å². The second-order valence-corrected chi connectivity index (χ2v) is 6.55. The number of hydrogen-bond acceptors (Lipinski definition) is 4. The molecule has 4 nitrogen and oxygen atoms in total. The number of carbonyl (C=O) groups is 1. The first-order chi connectivity index (χ1) is 11.2. The molecular formula is C18H21ClN2O2S. The molecule has 1 saturated heterocycles. The first-order valence-electron chi connectivity index (χ1n) is 7.63. The summed E-state index contributed by atoms with van der Waals surface area (Å²) in [7, 11) is 0. The molecule has 3 rings (SSSR count). The van der Waals surface area contributed by atoms with Crippen LogP contribution in [0.4, 0.5) is 0 Å². The number of benzene rings is 2. The Morgan fingerprint density at radius 2 is 2.12 bits per heavy atom. The molecule has 0 saturated carbocycles. The molecule has 2 aromatic carbocycles. The van der Waals surface area contributed by atoms with Crippen molar-refractivity contribution >= 4 is 30.1 Å². The molecule has 1 aliphatic rings. The number of aryl methyl sites for hydroxylation is 1. The van der Waals surface area contributed by atoms with E-state index in [0.29, 0.717) is 6.54 Å². The molecule has 1 amide bonds. The SMILES string of the molecule is Cc1cccc(Oc2ccccc2CNC(=O)C2CSCN2)c1.Cl. The summed E-state index contributed by atoms with van der Waals surface area (Å²) in [5.41, 5.74) is 2.12. The molecule has 6 heteroatoms. The Kier molecular flexibility index (Phi) is 6.97. The molecule has 1 heterocycles. The molecular weight excluding hydrogens is 344 g/mol. The molecule has 1 unspecified atom stereocenters. The highest BCUT2D eigenvalue weighted by atomic mass is 35.5. The molecule has 2 aromatic rings. The summed E-state index contributed by atoms with van der Waals surface area (Å²) in [5, 5.41) is 6.16. The lowest BCUT2D eigenvalue weighted by Gasteiger charge is -2.14. The van der Waals surface area contributed by atoms with Crippen molar-refractivity contribution in [3.05, 3.63) is 59.7 Å². The van der Waals surface area contributed by atoms with Gasteiger partial charge in [0.1, 0.15) is 11.5 Å². The lowest BCUT2D eigenvalue weighted by Crippen LogP contribution is -2.41. The van der Waals surface area contributed by atoms with E-state index >= 15 is 0 Å². The summed E-state index contributed by atoms with van der Waals surface area (Å²) in [6.07, 6.45) is 0. The summed E-state index contributed by atoms with van der Waals surface area (Å²) in [4.78, 5) is 12.1. The van der Waals surface area contributed by atoms with Gasteiger partial charge in [-0.1, -0.05) is 30.3 Å². The van der Waals surface area contributed by atoms with Crippen LogP contribution in [0.3, 0.4) is 0 Å². The number of carbonyl (C=O) groups excluding carboxylic acids is 1. The van der Waals surface area contributed by atoms with E-state index < -0.39 is 0 Å². The van der Waals surface area contributed by atoms with Gasteiger partial charge >= 0.3 is 0 Å². The summed E-state index contributed by atoms with van der Waals surface area (Å²) in [6, 6.07) is 15.6. The molecule has 1 aliphatic heterocycles. The zero-order chi connectivity index (χ0) is 16.1. The molecule has 128 valence electrons. The molecule has 0 bridgehead atoms. The first-order valence-corrected chi connectivity index (χ1v) is 8.79. The average Bonchev–Trinajstić information content (AvgIpc) is 3.08.